The SMILES string of the molecule is OC(CCc1cccnc1)Cc1cncs1. The van der Waals surface area contributed by atoms with Crippen molar-refractivity contribution in [3.8, 4) is 0 Å². The average Bonchev–Trinajstić information content (AvgIpc) is 2.81. The van der Waals surface area contributed by atoms with Gasteiger partial charge in [-0.3, -0.25) is 9.97 Å². The zero-order valence-corrected chi connectivity index (χ0v) is 9.73. The van der Waals surface area contributed by atoms with Crippen LogP contribution in [0.2, 0.25) is 0 Å². The largest absolute Gasteiger partial charge is 0.393 e. The first-order valence-electron chi connectivity index (χ1n) is 5.29. The Morgan fingerprint density at radius 3 is 2.94 bits per heavy atom. The zero-order valence-electron chi connectivity index (χ0n) is 8.91. The minimum atomic E-state index is -0.291. The lowest BCUT2D eigenvalue weighted by atomic mass is 10.1. The maximum absolute atomic E-state index is 9.84. The van der Waals surface area contributed by atoms with Crippen LogP contribution in [0.15, 0.2) is 36.2 Å². The number of aryl methyl sites for hydroxylation is 1. The van der Waals surface area contributed by atoms with E-state index in [0.29, 0.717) is 6.42 Å². The van der Waals surface area contributed by atoms with Gasteiger partial charge in [-0.15, -0.1) is 11.3 Å². The lowest BCUT2D eigenvalue weighted by molar-refractivity contribution is 0.166. The Hall–Kier alpha value is -1.26. The van der Waals surface area contributed by atoms with E-state index in [4.69, 9.17) is 0 Å². The van der Waals surface area contributed by atoms with Crippen molar-refractivity contribution in [1.82, 2.24) is 9.97 Å². The third kappa shape index (κ3) is 3.40. The number of pyridine rings is 1. The van der Waals surface area contributed by atoms with Crippen LogP contribution in [-0.4, -0.2) is 21.2 Å². The van der Waals surface area contributed by atoms with Crippen LogP contribution < -0.4 is 0 Å². The van der Waals surface area contributed by atoms with Crippen molar-refractivity contribution in [3.05, 3.63) is 46.7 Å². The van der Waals surface area contributed by atoms with E-state index >= 15 is 0 Å². The summed E-state index contributed by atoms with van der Waals surface area (Å²) in [5.74, 6) is 0. The van der Waals surface area contributed by atoms with Gasteiger partial charge in [0.25, 0.3) is 0 Å². The van der Waals surface area contributed by atoms with Gasteiger partial charge in [-0.2, -0.15) is 0 Å². The van der Waals surface area contributed by atoms with E-state index in [1.807, 2.05) is 24.5 Å². The van der Waals surface area contributed by atoms with Gasteiger partial charge in [0.1, 0.15) is 0 Å². The number of rotatable bonds is 5. The van der Waals surface area contributed by atoms with Crippen LogP contribution in [0, 0.1) is 0 Å². The molecule has 0 saturated carbocycles. The lowest BCUT2D eigenvalue weighted by Crippen LogP contribution is -2.10. The Morgan fingerprint density at radius 1 is 1.31 bits per heavy atom. The summed E-state index contributed by atoms with van der Waals surface area (Å²) >= 11 is 1.59. The normalized spacial score (nSPS) is 12.6. The van der Waals surface area contributed by atoms with Gasteiger partial charge in [-0.05, 0) is 24.5 Å². The molecule has 2 aromatic heterocycles. The molecule has 0 aliphatic heterocycles. The molecule has 0 radical (unpaired) electrons. The third-order valence-corrected chi connectivity index (χ3v) is 3.21. The van der Waals surface area contributed by atoms with Crippen molar-refractivity contribution in [1.29, 1.82) is 0 Å². The van der Waals surface area contributed by atoms with Crippen LogP contribution >= 0.6 is 11.3 Å². The van der Waals surface area contributed by atoms with Crippen LogP contribution in [0.1, 0.15) is 16.9 Å². The second-order valence-electron chi connectivity index (χ2n) is 3.73. The van der Waals surface area contributed by atoms with E-state index in [2.05, 4.69) is 9.97 Å². The summed E-state index contributed by atoms with van der Waals surface area (Å²) in [7, 11) is 0. The molecular weight excluding hydrogens is 220 g/mol. The Morgan fingerprint density at radius 2 is 2.25 bits per heavy atom. The molecule has 0 bridgehead atoms. The molecule has 0 aliphatic carbocycles. The van der Waals surface area contributed by atoms with Crippen molar-refractivity contribution in [2.24, 2.45) is 0 Å². The highest BCUT2D eigenvalue weighted by Crippen LogP contribution is 2.12. The predicted molar refractivity (Wildman–Crippen MR) is 64.4 cm³/mol. The van der Waals surface area contributed by atoms with Crippen molar-refractivity contribution in [2.45, 2.75) is 25.4 Å². The fourth-order valence-corrected chi connectivity index (χ4v) is 2.22. The van der Waals surface area contributed by atoms with Gasteiger partial charge in [-0.1, -0.05) is 6.07 Å². The van der Waals surface area contributed by atoms with E-state index in [-0.39, 0.29) is 6.10 Å². The van der Waals surface area contributed by atoms with Crippen LogP contribution in [0.3, 0.4) is 0 Å². The number of aliphatic hydroxyl groups is 1. The van der Waals surface area contributed by atoms with Crippen LogP contribution in [0.25, 0.3) is 0 Å². The summed E-state index contributed by atoms with van der Waals surface area (Å²) in [4.78, 5) is 9.18. The maximum atomic E-state index is 9.84. The highest BCUT2D eigenvalue weighted by molar-refractivity contribution is 7.09. The molecule has 2 aromatic rings. The molecule has 0 aromatic carbocycles. The number of aliphatic hydroxyl groups excluding tert-OH is 1. The monoisotopic (exact) mass is 234 g/mol. The molecule has 4 heteroatoms. The summed E-state index contributed by atoms with van der Waals surface area (Å²) < 4.78 is 0. The van der Waals surface area contributed by atoms with Gasteiger partial charge < -0.3 is 5.11 Å². The molecule has 1 atom stereocenters. The number of hydrogen-bond donors (Lipinski definition) is 1. The first-order valence-corrected chi connectivity index (χ1v) is 6.17. The summed E-state index contributed by atoms with van der Waals surface area (Å²) in [6.07, 6.45) is 7.47. The third-order valence-electron chi connectivity index (χ3n) is 2.41. The number of thiazole rings is 1. The minimum absolute atomic E-state index is 0.291. The first kappa shape index (κ1) is 11.2. The molecule has 0 aliphatic rings. The topological polar surface area (TPSA) is 46.0 Å². The number of aromatic nitrogens is 2. The number of nitrogens with zero attached hydrogens (tertiary/aromatic N) is 2. The molecule has 16 heavy (non-hydrogen) atoms. The molecule has 84 valence electrons. The summed E-state index contributed by atoms with van der Waals surface area (Å²) in [5, 5.41) is 9.84. The summed E-state index contributed by atoms with van der Waals surface area (Å²) in [5.41, 5.74) is 2.97. The van der Waals surface area contributed by atoms with Crippen molar-refractivity contribution >= 4 is 11.3 Å². The zero-order chi connectivity index (χ0) is 11.2. The molecule has 0 amide bonds. The molecule has 0 spiro atoms. The van der Waals surface area contributed by atoms with Gasteiger partial charge in [0.2, 0.25) is 0 Å². The Balaban J connectivity index is 1.78. The fraction of sp³-hybridized carbons (Fsp3) is 0.333. The molecule has 3 nitrogen and oxygen atoms in total. The molecule has 2 rings (SSSR count). The lowest BCUT2D eigenvalue weighted by Gasteiger charge is -2.08. The van der Waals surface area contributed by atoms with Crippen molar-refractivity contribution in [2.75, 3.05) is 0 Å². The second kappa shape index (κ2) is 5.72. The van der Waals surface area contributed by atoms with Gasteiger partial charge >= 0.3 is 0 Å². The predicted octanol–water partition coefficient (Wildman–Crippen LogP) is 2.07. The fourth-order valence-electron chi connectivity index (χ4n) is 1.56. The van der Waals surface area contributed by atoms with Gasteiger partial charge in [0, 0.05) is 29.9 Å². The van der Waals surface area contributed by atoms with Crippen molar-refractivity contribution in [3.63, 3.8) is 0 Å². The van der Waals surface area contributed by atoms with Gasteiger partial charge in [0.15, 0.2) is 0 Å². The van der Waals surface area contributed by atoms with Crippen LogP contribution in [0.5, 0.6) is 0 Å². The van der Waals surface area contributed by atoms with Gasteiger partial charge in [-0.25, -0.2) is 0 Å². The smallest absolute Gasteiger partial charge is 0.0794 e. The highest BCUT2D eigenvalue weighted by atomic mass is 32.1. The standard InChI is InChI=1S/C12H14N2OS/c15-11(6-12-8-14-9-16-12)4-3-10-2-1-5-13-7-10/h1-2,5,7-9,11,15H,3-4,6H2. The van der Waals surface area contributed by atoms with Crippen LogP contribution in [-0.2, 0) is 12.8 Å². The molecule has 2 heterocycles. The Bertz CT molecular complexity index is 402. The summed E-state index contributed by atoms with van der Waals surface area (Å²) in [6.45, 7) is 0. The van der Waals surface area contributed by atoms with Crippen molar-refractivity contribution < 1.29 is 5.11 Å². The Labute approximate surface area is 98.8 Å². The molecular formula is C12H14N2OS. The van der Waals surface area contributed by atoms with Gasteiger partial charge in [0.05, 0.1) is 11.6 Å². The summed E-state index contributed by atoms with van der Waals surface area (Å²) in [6, 6.07) is 3.96. The van der Waals surface area contributed by atoms with E-state index in [1.54, 1.807) is 23.0 Å². The Kier molecular flexibility index (Phi) is 4.02. The molecule has 0 fully saturated rings. The first-order chi connectivity index (χ1) is 7.84. The average molecular weight is 234 g/mol. The van der Waals surface area contributed by atoms with E-state index < -0.39 is 0 Å². The molecule has 1 unspecified atom stereocenters. The van der Waals surface area contributed by atoms with E-state index in [0.717, 1.165) is 17.7 Å². The van der Waals surface area contributed by atoms with E-state index in [9.17, 15) is 5.11 Å². The quantitative estimate of drug-likeness (QED) is 0.861. The maximum Gasteiger partial charge on any atom is 0.0794 e. The van der Waals surface area contributed by atoms with Crippen LogP contribution in [0.4, 0.5) is 0 Å². The second-order valence-corrected chi connectivity index (χ2v) is 4.70. The molecule has 1 N–H and O–H groups in total. The highest BCUT2D eigenvalue weighted by Gasteiger charge is 2.07. The molecule has 0 saturated heterocycles. The van der Waals surface area contributed by atoms with E-state index in [1.165, 1.54) is 5.56 Å². The minimum Gasteiger partial charge on any atom is -0.393 e. The number of hydrogen-bond acceptors (Lipinski definition) is 4.